The predicted molar refractivity (Wildman–Crippen MR) is 122 cm³/mol. The third-order valence-corrected chi connectivity index (χ3v) is 6.37. The van der Waals surface area contributed by atoms with Crippen molar-refractivity contribution in [2.75, 3.05) is 6.61 Å². The van der Waals surface area contributed by atoms with Crippen LogP contribution in [-0.4, -0.2) is 44.6 Å². The van der Waals surface area contributed by atoms with Gasteiger partial charge in [-0.25, -0.2) is 0 Å². The first-order chi connectivity index (χ1) is 13.0. The Bertz CT molecular complexity index is 602. The van der Waals surface area contributed by atoms with Gasteiger partial charge < -0.3 is 0 Å². The van der Waals surface area contributed by atoms with E-state index >= 15 is 0 Å². The van der Waals surface area contributed by atoms with Crippen LogP contribution >= 0.6 is 0 Å². The first-order valence-electron chi connectivity index (χ1n) is 11.0. The molecule has 1 atom stereocenters. The van der Waals surface area contributed by atoms with Crippen LogP contribution in [0.4, 0.5) is 0 Å². The topological polar surface area (TPSA) is 43.4 Å². The van der Waals surface area contributed by atoms with Crippen molar-refractivity contribution in [1.29, 1.82) is 0 Å². The van der Waals surface area contributed by atoms with E-state index in [0.29, 0.717) is 10.8 Å². The van der Waals surface area contributed by atoms with E-state index in [2.05, 4.69) is 20.8 Å². The van der Waals surface area contributed by atoms with E-state index in [4.69, 9.17) is 4.18 Å². The van der Waals surface area contributed by atoms with Gasteiger partial charge in [0.25, 0.3) is 10.1 Å². The van der Waals surface area contributed by atoms with Gasteiger partial charge in [-0.1, -0.05) is 97.1 Å². The third kappa shape index (κ3) is 12.6. The number of benzene rings is 1. The standard InChI is InChI=1S/C23H40O3S.Na.H/c1-4-6-8-10-11-13-18-26-27(24,25)23-17-14-16-22(20-23)19-21(3)15-12-9-7-5-2;;/h14,16-17,20-21H,4-13,15,18-19H2,1-3H3;;. The maximum atomic E-state index is 12.4. The molecular weight excluding hydrogens is 379 g/mol. The van der Waals surface area contributed by atoms with Crippen molar-refractivity contribution >= 4 is 39.7 Å². The summed E-state index contributed by atoms with van der Waals surface area (Å²) in [5, 5.41) is 0. The molecule has 0 N–H and O–H groups in total. The molecule has 0 aliphatic heterocycles. The first-order valence-corrected chi connectivity index (χ1v) is 12.4. The minimum absolute atomic E-state index is 0. The molecule has 28 heavy (non-hydrogen) atoms. The van der Waals surface area contributed by atoms with Crippen LogP contribution in [0.2, 0.25) is 0 Å². The molecule has 5 heteroatoms. The average molecular weight is 421 g/mol. The zero-order chi connectivity index (χ0) is 20.0. The Morgan fingerprint density at radius 2 is 1.50 bits per heavy atom. The minimum atomic E-state index is -3.64. The fraction of sp³-hybridized carbons (Fsp3) is 0.739. The Kier molecular flexibility index (Phi) is 17.0. The van der Waals surface area contributed by atoms with Gasteiger partial charge in [0.1, 0.15) is 0 Å². The van der Waals surface area contributed by atoms with Gasteiger partial charge in [-0.2, -0.15) is 8.42 Å². The van der Waals surface area contributed by atoms with Gasteiger partial charge >= 0.3 is 29.6 Å². The fourth-order valence-corrected chi connectivity index (χ4v) is 4.39. The van der Waals surface area contributed by atoms with Crippen LogP contribution in [0.5, 0.6) is 0 Å². The van der Waals surface area contributed by atoms with Gasteiger partial charge in [-0.3, -0.25) is 4.18 Å². The molecule has 0 saturated carbocycles. The summed E-state index contributed by atoms with van der Waals surface area (Å²) in [6, 6.07) is 7.29. The molecule has 3 nitrogen and oxygen atoms in total. The predicted octanol–water partition coefficient (Wildman–Crippen LogP) is 6.25. The van der Waals surface area contributed by atoms with E-state index < -0.39 is 10.1 Å². The summed E-state index contributed by atoms with van der Waals surface area (Å²) in [6.45, 7) is 6.95. The molecule has 0 bridgehead atoms. The van der Waals surface area contributed by atoms with Gasteiger partial charge in [0, 0.05) is 0 Å². The molecule has 158 valence electrons. The molecule has 0 aliphatic carbocycles. The van der Waals surface area contributed by atoms with E-state index in [1.807, 2.05) is 12.1 Å². The summed E-state index contributed by atoms with van der Waals surface area (Å²) in [5.74, 6) is 0.573. The molecule has 1 aromatic carbocycles. The Morgan fingerprint density at radius 3 is 2.18 bits per heavy atom. The summed E-state index contributed by atoms with van der Waals surface area (Å²) >= 11 is 0. The summed E-state index contributed by atoms with van der Waals surface area (Å²) in [4.78, 5) is 0.296. The quantitative estimate of drug-likeness (QED) is 0.180. The van der Waals surface area contributed by atoms with Gasteiger partial charge in [0.15, 0.2) is 0 Å². The average Bonchev–Trinajstić information content (AvgIpc) is 2.65. The summed E-state index contributed by atoms with van der Waals surface area (Å²) in [7, 11) is -3.64. The maximum absolute atomic E-state index is 12.4. The number of hydrogen-bond acceptors (Lipinski definition) is 3. The Hall–Kier alpha value is 0.130. The van der Waals surface area contributed by atoms with Gasteiger partial charge in [-0.05, 0) is 36.5 Å². The van der Waals surface area contributed by atoms with Crippen LogP contribution in [-0.2, 0) is 20.7 Å². The van der Waals surface area contributed by atoms with Crippen molar-refractivity contribution in [3.05, 3.63) is 29.8 Å². The Morgan fingerprint density at radius 1 is 0.893 bits per heavy atom. The van der Waals surface area contributed by atoms with E-state index in [9.17, 15) is 8.42 Å². The summed E-state index contributed by atoms with van der Waals surface area (Å²) < 4.78 is 30.1. The monoisotopic (exact) mass is 420 g/mol. The molecule has 0 fully saturated rings. The van der Waals surface area contributed by atoms with E-state index in [1.165, 1.54) is 51.4 Å². The van der Waals surface area contributed by atoms with Crippen LogP contribution in [0.25, 0.3) is 0 Å². The SMILES string of the molecule is CCCCCCCCOS(=O)(=O)c1cccc(CC(C)CCCCCC)c1.[NaH]. The second-order valence-corrected chi connectivity index (χ2v) is 9.47. The Balaban J connectivity index is 0.00000729. The summed E-state index contributed by atoms with van der Waals surface area (Å²) in [5.41, 5.74) is 1.09. The molecule has 0 aromatic heterocycles. The van der Waals surface area contributed by atoms with Crippen molar-refractivity contribution in [2.24, 2.45) is 5.92 Å². The van der Waals surface area contributed by atoms with E-state index in [1.54, 1.807) is 12.1 Å². The van der Waals surface area contributed by atoms with Gasteiger partial charge in [-0.15, -0.1) is 0 Å². The van der Waals surface area contributed by atoms with Gasteiger partial charge in [0.2, 0.25) is 0 Å². The number of rotatable bonds is 16. The summed E-state index contributed by atoms with van der Waals surface area (Å²) in [6.07, 6.45) is 13.9. The second kappa shape index (κ2) is 16.9. The molecule has 0 spiro atoms. The van der Waals surface area contributed by atoms with Crippen molar-refractivity contribution < 1.29 is 12.6 Å². The molecule has 1 aromatic rings. The van der Waals surface area contributed by atoms with E-state index in [-0.39, 0.29) is 36.2 Å². The second-order valence-electron chi connectivity index (χ2n) is 7.85. The van der Waals surface area contributed by atoms with Gasteiger partial charge in [0.05, 0.1) is 11.5 Å². The fourth-order valence-electron chi connectivity index (χ4n) is 3.37. The molecule has 0 saturated heterocycles. The van der Waals surface area contributed by atoms with Crippen LogP contribution in [0.3, 0.4) is 0 Å². The third-order valence-electron chi connectivity index (χ3n) is 5.06. The van der Waals surface area contributed by atoms with Crippen molar-refractivity contribution in [2.45, 2.75) is 103 Å². The zero-order valence-corrected chi connectivity index (χ0v) is 18.5. The number of hydrogen-bond donors (Lipinski definition) is 0. The molecular formula is C23H41NaO3S. The van der Waals surface area contributed by atoms with Crippen LogP contribution < -0.4 is 0 Å². The van der Waals surface area contributed by atoms with Crippen molar-refractivity contribution in [3.63, 3.8) is 0 Å². The van der Waals surface area contributed by atoms with Crippen molar-refractivity contribution in [3.8, 4) is 0 Å². The molecule has 1 rings (SSSR count). The molecule has 0 heterocycles. The normalized spacial score (nSPS) is 12.5. The molecule has 1 unspecified atom stereocenters. The van der Waals surface area contributed by atoms with Crippen LogP contribution in [0, 0.1) is 5.92 Å². The number of unbranched alkanes of at least 4 members (excludes halogenated alkanes) is 8. The molecule has 0 aliphatic rings. The molecule has 0 radical (unpaired) electrons. The van der Waals surface area contributed by atoms with Crippen LogP contribution in [0.15, 0.2) is 29.2 Å². The van der Waals surface area contributed by atoms with Crippen LogP contribution in [0.1, 0.15) is 97.0 Å². The van der Waals surface area contributed by atoms with Crippen molar-refractivity contribution in [1.82, 2.24) is 0 Å². The van der Waals surface area contributed by atoms with E-state index in [0.717, 1.165) is 31.2 Å². The Labute approximate surface area is 196 Å². The first kappa shape index (κ1) is 28.1. The zero-order valence-electron chi connectivity index (χ0n) is 17.7. The molecule has 0 amide bonds.